The summed E-state index contributed by atoms with van der Waals surface area (Å²) in [7, 11) is 0. The van der Waals surface area contributed by atoms with Gasteiger partial charge >= 0.3 is 5.97 Å². The van der Waals surface area contributed by atoms with Crippen LogP contribution in [0.2, 0.25) is 5.02 Å². The third-order valence-corrected chi connectivity index (χ3v) is 5.27. The Bertz CT molecular complexity index is 1020. The molecule has 0 aliphatic heterocycles. The number of pyridine rings is 1. The Kier molecular flexibility index (Phi) is 7.63. The SMILES string of the molecule is CC(C)(C)OC(=O)[C@H](Cc1cc(Cl)cnc1Br)N=C(c1ccccc1)c1ccccc1. The number of aliphatic imine (C=N–C) groups is 1. The lowest BCUT2D eigenvalue weighted by Crippen LogP contribution is -2.33. The zero-order chi connectivity index (χ0) is 22.4. The summed E-state index contributed by atoms with van der Waals surface area (Å²) in [5.41, 5.74) is 2.72. The third-order valence-electron chi connectivity index (χ3n) is 4.35. The average molecular weight is 500 g/mol. The summed E-state index contributed by atoms with van der Waals surface area (Å²) in [6, 6.07) is 20.6. The number of halogens is 2. The first-order valence-electron chi connectivity index (χ1n) is 9.94. The summed E-state index contributed by atoms with van der Waals surface area (Å²) in [5.74, 6) is -0.399. The highest BCUT2D eigenvalue weighted by molar-refractivity contribution is 9.10. The fourth-order valence-corrected chi connectivity index (χ4v) is 3.59. The van der Waals surface area contributed by atoms with Crippen LogP contribution in [0.25, 0.3) is 0 Å². The van der Waals surface area contributed by atoms with E-state index < -0.39 is 17.6 Å². The maximum Gasteiger partial charge on any atom is 0.331 e. The number of benzene rings is 2. The van der Waals surface area contributed by atoms with Crippen molar-refractivity contribution < 1.29 is 9.53 Å². The maximum absolute atomic E-state index is 13.2. The Balaban J connectivity index is 2.09. The standard InChI is InChI=1S/C25H24BrClN2O2/c1-25(2,3)31-24(30)21(15-19-14-20(27)16-28-23(19)26)29-22(17-10-6-4-7-11-17)18-12-8-5-9-13-18/h4-14,16,21H,15H2,1-3H3/t21-/m0/s1. The summed E-state index contributed by atoms with van der Waals surface area (Å²) < 4.78 is 6.33. The minimum Gasteiger partial charge on any atom is -0.458 e. The van der Waals surface area contributed by atoms with E-state index in [-0.39, 0.29) is 0 Å². The zero-order valence-electron chi connectivity index (χ0n) is 17.7. The molecule has 0 fully saturated rings. The van der Waals surface area contributed by atoms with Gasteiger partial charge < -0.3 is 4.74 Å². The fraction of sp³-hybridized carbons (Fsp3) is 0.240. The van der Waals surface area contributed by atoms with Gasteiger partial charge in [0.2, 0.25) is 0 Å². The smallest absolute Gasteiger partial charge is 0.331 e. The first-order chi connectivity index (χ1) is 14.7. The number of aromatic nitrogens is 1. The number of hydrogen-bond acceptors (Lipinski definition) is 4. The lowest BCUT2D eigenvalue weighted by atomic mass is 10.0. The van der Waals surface area contributed by atoms with E-state index in [2.05, 4.69) is 20.9 Å². The Morgan fingerprint density at radius 3 is 2.13 bits per heavy atom. The molecular weight excluding hydrogens is 476 g/mol. The van der Waals surface area contributed by atoms with Crippen molar-refractivity contribution in [3.8, 4) is 0 Å². The quantitative estimate of drug-likeness (QED) is 0.228. The van der Waals surface area contributed by atoms with Crippen molar-refractivity contribution in [2.24, 2.45) is 4.99 Å². The van der Waals surface area contributed by atoms with Crippen molar-refractivity contribution in [2.75, 3.05) is 0 Å². The molecule has 0 saturated heterocycles. The summed E-state index contributed by atoms with van der Waals surface area (Å²) >= 11 is 9.60. The van der Waals surface area contributed by atoms with Gasteiger partial charge in [-0.05, 0) is 48.3 Å². The Hall–Kier alpha value is -2.50. The van der Waals surface area contributed by atoms with Crippen LogP contribution in [-0.2, 0) is 16.0 Å². The Morgan fingerprint density at radius 2 is 1.61 bits per heavy atom. The van der Waals surface area contributed by atoms with Crippen LogP contribution < -0.4 is 0 Å². The van der Waals surface area contributed by atoms with Gasteiger partial charge in [-0.3, -0.25) is 4.99 Å². The fourth-order valence-electron chi connectivity index (χ4n) is 3.03. The van der Waals surface area contributed by atoms with Crippen LogP contribution in [0.5, 0.6) is 0 Å². The molecule has 0 unspecified atom stereocenters. The number of hydrogen-bond donors (Lipinski definition) is 0. The third kappa shape index (κ3) is 6.74. The normalized spacial score (nSPS) is 12.2. The van der Waals surface area contributed by atoms with Crippen LogP contribution in [0.3, 0.4) is 0 Å². The van der Waals surface area contributed by atoms with E-state index in [4.69, 9.17) is 21.3 Å². The molecule has 2 aromatic carbocycles. The largest absolute Gasteiger partial charge is 0.458 e. The van der Waals surface area contributed by atoms with E-state index in [0.717, 1.165) is 22.4 Å². The molecule has 6 heteroatoms. The van der Waals surface area contributed by atoms with E-state index in [0.29, 0.717) is 16.0 Å². The molecule has 0 saturated carbocycles. The highest BCUT2D eigenvalue weighted by Crippen LogP contribution is 2.23. The van der Waals surface area contributed by atoms with Crippen molar-refractivity contribution >= 4 is 39.2 Å². The number of esters is 1. The highest BCUT2D eigenvalue weighted by atomic mass is 79.9. The van der Waals surface area contributed by atoms with Crippen molar-refractivity contribution in [1.82, 2.24) is 4.98 Å². The summed E-state index contributed by atoms with van der Waals surface area (Å²) in [6.45, 7) is 5.54. The molecule has 3 aromatic rings. The van der Waals surface area contributed by atoms with E-state index in [9.17, 15) is 4.79 Å². The molecule has 0 amide bonds. The number of nitrogens with zero attached hydrogens (tertiary/aromatic N) is 2. The van der Waals surface area contributed by atoms with Crippen molar-refractivity contribution in [1.29, 1.82) is 0 Å². The van der Waals surface area contributed by atoms with E-state index in [1.807, 2.05) is 81.4 Å². The second kappa shape index (κ2) is 10.2. The monoisotopic (exact) mass is 498 g/mol. The van der Waals surface area contributed by atoms with E-state index >= 15 is 0 Å². The van der Waals surface area contributed by atoms with Gasteiger partial charge in [-0.1, -0.05) is 72.3 Å². The molecule has 4 nitrogen and oxygen atoms in total. The van der Waals surface area contributed by atoms with Crippen molar-refractivity contribution in [3.05, 3.63) is 99.2 Å². The maximum atomic E-state index is 13.2. The van der Waals surface area contributed by atoms with Gasteiger partial charge in [0.15, 0.2) is 6.04 Å². The first-order valence-corrected chi connectivity index (χ1v) is 11.1. The number of carbonyl (C=O) groups excluding carboxylic acids is 1. The predicted molar refractivity (Wildman–Crippen MR) is 129 cm³/mol. The molecule has 0 bridgehead atoms. The number of carbonyl (C=O) groups is 1. The van der Waals surface area contributed by atoms with Crippen LogP contribution in [0.1, 0.15) is 37.5 Å². The van der Waals surface area contributed by atoms with Gasteiger partial charge in [-0.2, -0.15) is 0 Å². The predicted octanol–water partition coefficient (Wildman–Crippen LogP) is 6.29. The van der Waals surface area contributed by atoms with Gasteiger partial charge in [-0.25, -0.2) is 9.78 Å². The number of ether oxygens (including phenoxy) is 1. The van der Waals surface area contributed by atoms with Gasteiger partial charge in [-0.15, -0.1) is 0 Å². The Labute approximate surface area is 196 Å². The van der Waals surface area contributed by atoms with Crippen LogP contribution in [0.4, 0.5) is 0 Å². The molecular formula is C25H24BrClN2O2. The first kappa shape index (κ1) is 23.2. The minimum atomic E-state index is -0.772. The zero-order valence-corrected chi connectivity index (χ0v) is 20.0. The van der Waals surface area contributed by atoms with Crippen LogP contribution in [0, 0.1) is 0 Å². The second-order valence-corrected chi connectivity index (χ2v) is 9.25. The molecule has 1 atom stereocenters. The Morgan fingerprint density at radius 1 is 1.06 bits per heavy atom. The minimum absolute atomic E-state index is 0.298. The molecule has 0 aliphatic carbocycles. The van der Waals surface area contributed by atoms with Gasteiger partial charge in [0.1, 0.15) is 10.2 Å². The molecule has 1 aromatic heterocycles. The summed E-state index contributed by atoms with van der Waals surface area (Å²) in [6.07, 6.45) is 1.85. The van der Waals surface area contributed by atoms with Gasteiger partial charge in [0.05, 0.1) is 10.7 Å². The molecule has 0 spiro atoms. The van der Waals surface area contributed by atoms with Crippen LogP contribution in [0.15, 0.2) is 82.5 Å². The molecule has 31 heavy (non-hydrogen) atoms. The molecule has 0 N–H and O–H groups in total. The summed E-state index contributed by atoms with van der Waals surface area (Å²) in [5, 5.41) is 0.497. The molecule has 1 heterocycles. The number of rotatable bonds is 6. The van der Waals surface area contributed by atoms with E-state index in [1.54, 1.807) is 12.3 Å². The topological polar surface area (TPSA) is 51.5 Å². The van der Waals surface area contributed by atoms with E-state index in [1.165, 1.54) is 0 Å². The van der Waals surface area contributed by atoms with Gasteiger partial charge in [0.25, 0.3) is 0 Å². The van der Waals surface area contributed by atoms with Crippen molar-refractivity contribution in [2.45, 2.75) is 38.8 Å². The van der Waals surface area contributed by atoms with Crippen LogP contribution >= 0.6 is 27.5 Å². The lowest BCUT2D eigenvalue weighted by molar-refractivity contribution is -0.156. The van der Waals surface area contributed by atoms with Gasteiger partial charge in [0, 0.05) is 23.7 Å². The molecule has 0 radical (unpaired) electrons. The molecule has 3 rings (SSSR count). The van der Waals surface area contributed by atoms with Crippen molar-refractivity contribution in [3.63, 3.8) is 0 Å². The van der Waals surface area contributed by atoms with Crippen LogP contribution in [-0.4, -0.2) is 28.3 Å². The highest BCUT2D eigenvalue weighted by Gasteiger charge is 2.27. The average Bonchev–Trinajstić information content (AvgIpc) is 2.73. The lowest BCUT2D eigenvalue weighted by Gasteiger charge is -2.23. The second-order valence-electron chi connectivity index (χ2n) is 8.07. The molecule has 0 aliphatic rings. The molecule has 160 valence electrons. The summed E-state index contributed by atoms with van der Waals surface area (Å²) in [4.78, 5) is 22.3.